The largest absolute Gasteiger partial charge is 0.300 e. The second-order valence-corrected chi connectivity index (χ2v) is 5.55. The summed E-state index contributed by atoms with van der Waals surface area (Å²) in [7, 11) is 0. The van der Waals surface area contributed by atoms with E-state index in [1.165, 1.54) is 31.2 Å². The average molecular weight is 228 g/mol. The van der Waals surface area contributed by atoms with Crippen LogP contribution in [-0.4, -0.2) is 5.78 Å². The highest BCUT2D eigenvalue weighted by Crippen LogP contribution is 2.33. The molecule has 1 fully saturated rings. The standard InChI is InChI=1S/C16H20O/c17-16-9-7-13(8-10-16)15-6-5-12-3-1-2-4-14(12)11-15/h5-6,11,13H,1-4,7-10H2. The summed E-state index contributed by atoms with van der Waals surface area (Å²) in [6.45, 7) is 0. The van der Waals surface area contributed by atoms with Crippen LogP contribution >= 0.6 is 0 Å². The lowest BCUT2D eigenvalue weighted by Gasteiger charge is -2.24. The van der Waals surface area contributed by atoms with E-state index < -0.39 is 0 Å². The van der Waals surface area contributed by atoms with Crippen LogP contribution in [0.3, 0.4) is 0 Å². The van der Waals surface area contributed by atoms with Crippen LogP contribution in [0.1, 0.15) is 61.1 Å². The highest BCUT2D eigenvalue weighted by Gasteiger charge is 2.21. The molecule has 0 spiro atoms. The summed E-state index contributed by atoms with van der Waals surface area (Å²) >= 11 is 0. The molecule has 1 nitrogen and oxygen atoms in total. The lowest BCUT2D eigenvalue weighted by atomic mass is 9.81. The smallest absolute Gasteiger partial charge is 0.132 e. The molecule has 90 valence electrons. The van der Waals surface area contributed by atoms with Crippen molar-refractivity contribution in [3.05, 3.63) is 34.9 Å². The molecule has 17 heavy (non-hydrogen) atoms. The van der Waals surface area contributed by atoms with Gasteiger partial charge >= 0.3 is 0 Å². The van der Waals surface area contributed by atoms with Crippen molar-refractivity contribution in [1.29, 1.82) is 0 Å². The molecule has 2 aliphatic rings. The Labute approximate surface area is 103 Å². The first-order valence-corrected chi connectivity index (χ1v) is 6.96. The lowest BCUT2D eigenvalue weighted by molar-refractivity contribution is -0.120. The van der Waals surface area contributed by atoms with Gasteiger partial charge in [-0.25, -0.2) is 0 Å². The lowest BCUT2D eigenvalue weighted by Crippen LogP contribution is -2.13. The molecule has 0 saturated heterocycles. The van der Waals surface area contributed by atoms with E-state index in [0.29, 0.717) is 11.7 Å². The molecular formula is C16H20O. The molecule has 1 aromatic carbocycles. The maximum Gasteiger partial charge on any atom is 0.132 e. The highest BCUT2D eigenvalue weighted by molar-refractivity contribution is 5.79. The molecule has 0 unspecified atom stereocenters. The van der Waals surface area contributed by atoms with Gasteiger partial charge in [0.05, 0.1) is 0 Å². The Hall–Kier alpha value is -1.11. The monoisotopic (exact) mass is 228 g/mol. The zero-order chi connectivity index (χ0) is 11.7. The van der Waals surface area contributed by atoms with E-state index >= 15 is 0 Å². The fourth-order valence-electron chi connectivity index (χ4n) is 3.28. The molecule has 2 aliphatic carbocycles. The Bertz CT molecular complexity index is 423. The Balaban J connectivity index is 1.81. The van der Waals surface area contributed by atoms with E-state index in [9.17, 15) is 4.79 Å². The molecule has 0 heterocycles. The SMILES string of the molecule is O=C1CCC(c2ccc3c(c2)CCCC3)CC1. The van der Waals surface area contributed by atoms with Crippen molar-refractivity contribution in [2.24, 2.45) is 0 Å². The van der Waals surface area contributed by atoms with Gasteiger partial charge in [-0.05, 0) is 61.1 Å². The molecule has 1 saturated carbocycles. The molecule has 1 heteroatoms. The summed E-state index contributed by atoms with van der Waals surface area (Å²) in [5, 5.41) is 0. The van der Waals surface area contributed by atoms with Crippen molar-refractivity contribution in [3.63, 3.8) is 0 Å². The first-order chi connectivity index (χ1) is 8.33. The Kier molecular flexibility index (Phi) is 3.00. The van der Waals surface area contributed by atoms with E-state index in [2.05, 4.69) is 18.2 Å². The minimum absolute atomic E-state index is 0.458. The van der Waals surface area contributed by atoms with E-state index in [0.717, 1.165) is 25.7 Å². The van der Waals surface area contributed by atoms with Gasteiger partial charge in [0.2, 0.25) is 0 Å². The second-order valence-electron chi connectivity index (χ2n) is 5.55. The molecule has 0 amide bonds. The van der Waals surface area contributed by atoms with E-state index in [-0.39, 0.29) is 0 Å². The van der Waals surface area contributed by atoms with Crippen LogP contribution in [0.5, 0.6) is 0 Å². The van der Waals surface area contributed by atoms with E-state index in [4.69, 9.17) is 0 Å². The van der Waals surface area contributed by atoms with Gasteiger partial charge in [-0.3, -0.25) is 4.79 Å². The predicted molar refractivity (Wildman–Crippen MR) is 69.3 cm³/mol. The topological polar surface area (TPSA) is 17.1 Å². The van der Waals surface area contributed by atoms with Crippen molar-refractivity contribution < 1.29 is 4.79 Å². The number of hydrogen-bond donors (Lipinski definition) is 0. The Morgan fingerprint density at radius 3 is 2.35 bits per heavy atom. The number of rotatable bonds is 1. The van der Waals surface area contributed by atoms with Crippen LogP contribution in [0.4, 0.5) is 0 Å². The van der Waals surface area contributed by atoms with Crippen LogP contribution < -0.4 is 0 Å². The third-order valence-corrected chi connectivity index (χ3v) is 4.39. The molecular weight excluding hydrogens is 208 g/mol. The second kappa shape index (κ2) is 4.64. The van der Waals surface area contributed by atoms with Gasteiger partial charge in [0.25, 0.3) is 0 Å². The minimum Gasteiger partial charge on any atom is -0.300 e. The van der Waals surface area contributed by atoms with Crippen molar-refractivity contribution in [2.45, 2.75) is 57.3 Å². The van der Waals surface area contributed by atoms with Gasteiger partial charge in [-0.2, -0.15) is 0 Å². The number of ketones is 1. The van der Waals surface area contributed by atoms with Crippen molar-refractivity contribution in [2.75, 3.05) is 0 Å². The maximum absolute atomic E-state index is 11.3. The zero-order valence-electron chi connectivity index (χ0n) is 10.4. The molecule has 0 aliphatic heterocycles. The molecule has 0 aromatic heterocycles. The average Bonchev–Trinajstić information content (AvgIpc) is 2.39. The van der Waals surface area contributed by atoms with Gasteiger partial charge < -0.3 is 0 Å². The van der Waals surface area contributed by atoms with Gasteiger partial charge in [0.15, 0.2) is 0 Å². The van der Waals surface area contributed by atoms with Crippen molar-refractivity contribution >= 4 is 5.78 Å². The zero-order valence-corrected chi connectivity index (χ0v) is 10.4. The first-order valence-electron chi connectivity index (χ1n) is 6.96. The molecule has 0 N–H and O–H groups in total. The molecule has 0 radical (unpaired) electrons. The fraction of sp³-hybridized carbons (Fsp3) is 0.562. The normalized spacial score (nSPS) is 21.3. The van der Waals surface area contributed by atoms with Gasteiger partial charge in [-0.1, -0.05) is 18.2 Å². The Morgan fingerprint density at radius 2 is 1.59 bits per heavy atom. The summed E-state index contributed by atoms with van der Waals surface area (Å²) in [6.07, 6.45) is 8.94. The molecule has 3 rings (SSSR count). The third kappa shape index (κ3) is 2.29. The van der Waals surface area contributed by atoms with Gasteiger partial charge in [0, 0.05) is 12.8 Å². The minimum atomic E-state index is 0.458. The van der Waals surface area contributed by atoms with Gasteiger partial charge in [0.1, 0.15) is 5.78 Å². The van der Waals surface area contributed by atoms with E-state index in [1.807, 2.05) is 0 Å². The predicted octanol–water partition coefficient (Wildman–Crippen LogP) is 3.79. The number of Topliss-reactive ketones (excluding diaryl/α,β-unsaturated/α-hetero) is 1. The molecule has 0 atom stereocenters. The highest BCUT2D eigenvalue weighted by atomic mass is 16.1. The van der Waals surface area contributed by atoms with Crippen molar-refractivity contribution in [1.82, 2.24) is 0 Å². The molecule has 1 aromatic rings. The number of fused-ring (bicyclic) bond motifs is 1. The summed E-state index contributed by atoms with van der Waals surface area (Å²) in [6, 6.07) is 7.07. The number of benzene rings is 1. The number of carbonyl (C=O) groups is 1. The Morgan fingerprint density at radius 1 is 0.882 bits per heavy atom. The van der Waals surface area contributed by atoms with Gasteiger partial charge in [-0.15, -0.1) is 0 Å². The quantitative estimate of drug-likeness (QED) is 0.714. The van der Waals surface area contributed by atoms with Crippen LogP contribution in [-0.2, 0) is 17.6 Å². The van der Waals surface area contributed by atoms with Crippen molar-refractivity contribution in [3.8, 4) is 0 Å². The summed E-state index contributed by atoms with van der Waals surface area (Å²) < 4.78 is 0. The summed E-state index contributed by atoms with van der Waals surface area (Å²) in [5.41, 5.74) is 4.62. The van der Waals surface area contributed by atoms with Crippen LogP contribution in [0.15, 0.2) is 18.2 Å². The van der Waals surface area contributed by atoms with Crippen LogP contribution in [0.2, 0.25) is 0 Å². The third-order valence-electron chi connectivity index (χ3n) is 4.39. The summed E-state index contributed by atoms with van der Waals surface area (Å²) in [5.74, 6) is 1.10. The first kappa shape index (κ1) is 11.0. The maximum atomic E-state index is 11.3. The van der Waals surface area contributed by atoms with Crippen LogP contribution in [0.25, 0.3) is 0 Å². The fourth-order valence-corrected chi connectivity index (χ4v) is 3.28. The van der Waals surface area contributed by atoms with Crippen LogP contribution in [0, 0.1) is 0 Å². The summed E-state index contributed by atoms with van der Waals surface area (Å²) in [4.78, 5) is 11.3. The number of aryl methyl sites for hydroxylation is 2. The number of carbonyl (C=O) groups excluding carboxylic acids is 1. The number of hydrogen-bond acceptors (Lipinski definition) is 1. The van der Waals surface area contributed by atoms with E-state index in [1.54, 1.807) is 11.1 Å². The molecule has 0 bridgehead atoms.